The summed E-state index contributed by atoms with van der Waals surface area (Å²) < 4.78 is 10.3. The maximum absolute atomic E-state index is 11.7. The van der Waals surface area contributed by atoms with Crippen molar-refractivity contribution < 1.29 is 19.1 Å². The topological polar surface area (TPSA) is 52.6 Å². The van der Waals surface area contributed by atoms with Crippen molar-refractivity contribution in [1.29, 1.82) is 0 Å². The molecule has 0 aliphatic rings. The highest BCUT2D eigenvalue weighted by atomic mass is 79.9. The number of hydrogen-bond donors (Lipinski definition) is 0. The quantitative estimate of drug-likeness (QED) is 0.248. The first-order chi connectivity index (χ1) is 10.6. The molecule has 0 aliphatic heterocycles. The first-order valence-corrected chi connectivity index (χ1v) is 9.49. The number of halogens is 1. The molecule has 0 rings (SSSR count). The molecule has 0 saturated carbocycles. The Kier molecular flexibility index (Phi) is 14.9. The molecule has 0 spiro atoms. The average molecular weight is 379 g/mol. The Balaban J connectivity index is 3.58. The third-order valence-corrected chi connectivity index (χ3v) is 4.19. The van der Waals surface area contributed by atoms with E-state index in [2.05, 4.69) is 29.8 Å². The minimum Gasteiger partial charge on any atom is -0.466 e. The Labute approximate surface area is 143 Å². The van der Waals surface area contributed by atoms with Crippen LogP contribution in [0.15, 0.2) is 0 Å². The van der Waals surface area contributed by atoms with Gasteiger partial charge in [-0.05, 0) is 19.3 Å². The molecule has 4 nitrogen and oxygen atoms in total. The minimum absolute atomic E-state index is 0.239. The summed E-state index contributed by atoms with van der Waals surface area (Å²) in [5.41, 5.74) is 0. The van der Waals surface area contributed by atoms with Crippen molar-refractivity contribution in [3.8, 4) is 0 Å². The van der Waals surface area contributed by atoms with Crippen molar-refractivity contribution in [1.82, 2.24) is 0 Å². The molecule has 0 aromatic rings. The van der Waals surface area contributed by atoms with E-state index < -0.39 is 4.83 Å². The number of esters is 2. The summed E-state index contributed by atoms with van der Waals surface area (Å²) in [5.74, 6) is -0.524. The van der Waals surface area contributed by atoms with Crippen LogP contribution in [0.3, 0.4) is 0 Å². The number of rotatable bonds is 14. The van der Waals surface area contributed by atoms with E-state index in [1.54, 1.807) is 0 Å². The molecule has 0 amide bonds. The van der Waals surface area contributed by atoms with Gasteiger partial charge in [0.25, 0.3) is 0 Å². The molecule has 1 unspecified atom stereocenters. The number of hydrogen-bond acceptors (Lipinski definition) is 4. The summed E-state index contributed by atoms with van der Waals surface area (Å²) in [6.07, 6.45) is 9.32. The van der Waals surface area contributed by atoms with Gasteiger partial charge in [0.05, 0.1) is 13.2 Å². The molecule has 0 bridgehead atoms. The van der Waals surface area contributed by atoms with Crippen LogP contribution in [-0.4, -0.2) is 30.0 Å². The molecule has 0 heterocycles. The predicted octanol–water partition coefficient (Wildman–Crippen LogP) is 4.78. The first kappa shape index (κ1) is 21.4. The average Bonchev–Trinajstić information content (AvgIpc) is 2.52. The lowest BCUT2D eigenvalue weighted by atomic mass is 10.2. The normalized spacial score (nSPS) is 12.0. The maximum atomic E-state index is 11.7. The lowest BCUT2D eigenvalue weighted by Gasteiger charge is -2.10. The molecular weight excluding hydrogens is 348 g/mol. The molecule has 0 saturated heterocycles. The maximum Gasteiger partial charge on any atom is 0.319 e. The van der Waals surface area contributed by atoms with Crippen molar-refractivity contribution >= 4 is 27.9 Å². The highest BCUT2D eigenvalue weighted by molar-refractivity contribution is 9.10. The van der Waals surface area contributed by atoms with E-state index in [0.29, 0.717) is 19.6 Å². The molecule has 130 valence electrons. The molecule has 0 aliphatic carbocycles. The summed E-state index contributed by atoms with van der Waals surface area (Å²) in [6, 6.07) is 0. The molecule has 1 atom stereocenters. The minimum atomic E-state index is -0.425. The molecule has 22 heavy (non-hydrogen) atoms. The van der Waals surface area contributed by atoms with Gasteiger partial charge >= 0.3 is 11.9 Å². The van der Waals surface area contributed by atoms with E-state index >= 15 is 0 Å². The number of carbonyl (C=O) groups excluding carboxylic acids is 2. The van der Waals surface area contributed by atoms with Gasteiger partial charge in [-0.15, -0.1) is 0 Å². The van der Waals surface area contributed by atoms with E-state index in [1.807, 2.05) is 0 Å². The first-order valence-electron chi connectivity index (χ1n) is 8.58. The Morgan fingerprint density at radius 2 is 1.41 bits per heavy atom. The van der Waals surface area contributed by atoms with Crippen LogP contribution in [0, 0.1) is 0 Å². The fraction of sp³-hybridized carbons (Fsp3) is 0.882. The molecule has 0 radical (unpaired) electrons. The van der Waals surface area contributed by atoms with Gasteiger partial charge < -0.3 is 9.47 Å². The number of alkyl halides is 1. The van der Waals surface area contributed by atoms with Crippen molar-refractivity contribution in [2.24, 2.45) is 0 Å². The van der Waals surface area contributed by atoms with Crippen LogP contribution in [0.1, 0.15) is 78.1 Å². The lowest BCUT2D eigenvalue weighted by Crippen LogP contribution is -2.19. The number of ether oxygens (including phenoxy) is 2. The Morgan fingerprint density at radius 3 is 1.95 bits per heavy atom. The van der Waals surface area contributed by atoms with Gasteiger partial charge in [0.1, 0.15) is 4.83 Å². The Hall–Kier alpha value is -0.580. The van der Waals surface area contributed by atoms with Gasteiger partial charge in [-0.2, -0.15) is 0 Å². The molecule has 0 aromatic carbocycles. The van der Waals surface area contributed by atoms with Gasteiger partial charge in [0.15, 0.2) is 0 Å². The summed E-state index contributed by atoms with van der Waals surface area (Å²) in [6.45, 7) is 5.23. The van der Waals surface area contributed by atoms with Gasteiger partial charge in [0.2, 0.25) is 0 Å². The molecule has 0 N–H and O–H groups in total. The van der Waals surface area contributed by atoms with E-state index in [-0.39, 0.29) is 18.4 Å². The monoisotopic (exact) mass is 378 g/mol. The second kappa shape index (κ2) is 15.3. The summed E-state index contributed by atoms with van der Waals surface area (Å²) in [4.78, 5) is 22.8. The van der Waals surface area contributed by atoms with Crippen molar-refractivity contribution in [3.05, 3.63) is 0 Å². The zero-order chi connectivity index (χ0) is 16.6. The summed E-state index contributed by atoms with van der Waals surface area (Å²) in [5, 5.41) is 0. The van der Waals surface area contributed by atoms with E-state index in [0.717, 1.165) is 32.1 Å². The zero-order valence-corrected chi connectivity index (χ0v) is 15.7. The molecule has 0 aromatic heterocycles. The van der Waals surface area contributed by atoms with Crippen LogP contribution in [-0.2, 0) is 19.1 Å². The number of unbranched alkanes of at least 4 members (excludes halogenated alkanes) is 6. The largest absolute Gasteiger partial charge is 0.466 e. The van der Waals surface area contributed by atoms with Crippen LogP contribution in [0.2, 0.25) is 0 Å². The molecular formula is C17H31BrO4. The van der Waals surface area contributed by atoms with E-state index in [9.17, 15) is 9.59 Å². The van der Waals surface area contributed by atoms with Crippen LogP contribution >= 0.6 is 15.9 Å². The Bertz CT molecular complexity index is 294. The zero-order valence-electron chi connectivity index (χ0n) is 14.1. The predicted molar refractivity (Wildman–Crippen MR) is 92.2 cm³/mol. The van der Waals surface area contributed by atoms with Gasteiger partial charge in [-0.3, -0.25) is 9.59 Å². The van der Waals surface area contributed by atoms with Gasteiger partial charge in [-0.25, -0.2) is 0 Å². The standard InChI is InChI=1S/C17H31BrO4/c1-3-5-7-9-13-21-16(19)12-11-15(18)17(20)22-14-10-8-6-4-2/h15H,3-14H2,1-2H3. The number of carbonyl (C=O) groups is 2. The lowest BCUT2D eigenvalue weighted by molar-refractivity contribution is -0.145. The molecule has 0 fully saturated rings. The smallest absolute Gasteiger partial charge is 0.319 e. The van der Waals surface area contributed by atoms with Crippen LogP contribution in [0.25, 0.3) is 0 Å². The van der Waals surface area contributed by atoms with E-state index in [1.165, 1.54) is 19.3 Å². The fourth-order valence-electron chi connectivity index (χ4n) is 1.94. The van der Waals surface area contributed by atoms with Crippen molar-refractivity contribution in [2.45, 2.75) is 82.9 Å². The summed E-state index contributed by atoms with van der Waals surface area (Å²) in [7, 11) is 0. The van der Waals surface area contributed by atoms with Crippen molar-refractivity contribution in [2.75, 3.05) is 13.2 Å². The second-order valence-electron chi connectivity index (χ2n) is 5.52. The van der Waals surface area contributed by atoms with Crippen molar-refractivity contribution in [3.63, 3.8) is 0 Å². The SMILES string of the molecule is CCCCCCOC(=O)CCC(Br)C(=O)OCCCCCC. The van der Waals surface area contributed by atoms with E-state index in [4.69, 9.17) is 9.47 Å². The second-order valence-corrected chi connectivity index (χ2v) is 6.62. The highest BCUT2D eigenvalue weighted by Gasteiger charge is 2.18. The van der Waals surface area contributed by atoms with Crippen LogP contribution in [0.4, 0.5) is 0 Å². The Morgan fingerprint density at radius 1 is 0.864 bits per heavy atom. The third kappa shape index (κ3) is 13.1. The van der Waals surface area contributed by atoms with Crippen LogP contribution in [0.5, 0.6) is 0 Å². The van der Waals surface area contributed by atoms with Gasteiger partial charge in [0, 0.05) is 6.42 Å². The van der Waals surface area contributed by atoms with Crippen LogP contribution < -0.4 is 0 Å². The third-order valence-electron chi connectivity index (χ3n) is 3.36. The molecule has 5 heteroatoms. The highest BCUT2D eigenvalue weighted by Crippen LogP contribution is 2.12. The fourth-order valence-corrected chi connectivity index (χ4v) is 2.30. The van der Waals surface area contributed by atoms with Gasteiger partial charge in [-0.1, -0.05) is 68.3 Å². The summed E-state index contributed by atoms with van der Waals surface area (Å²) >= 11 is 3.27.